The Morgan fingerprint density at radius 3 is 3.18 bits per heavy atom. The van der Waals surface area contributed by atoms with Crippen LogP contribution < -0.4 is 0 Å². The molecule has 4 nitrogen and oxygen atoms in total. The van der Waals surface area contributed by atoms with Crippen LogP contribution in [0.2, 0.25) is 0 Å². The summed E-state index contributed by atoms with van der Waals surface area (Å²) < 4.78 is 1.34. The Bertz CT molecular complexity index is 384. The predicted molar refractivity (Wildman–Crippen MR) is 37.7 cm³/mol. The van der Waals surface area contributed by atoms with Crippen molar-refractivity contribution in [2.75, 3.05) is 0 Å². The maximum Gasteiger partial charge on any atom is 0.189 e. The Labute approximate surface area is 63.1 Å². The molecule has 0 aromatic rings. The second-order valence-corrected chi connectivity index (χ2v) is 2.13. The van der Waals surface area contributed by atoms with Gasteiger partial charge in [-0.15, -0.1) is 0 Å². The molecule has 0 unspecified atom stereocenters. The molecule has 0 radical (unpaired) electrons. The monoisotopic (exact) mass is 144 g/mol. The zero-order valence-electron chi connectivity index (χ0n) is 5.60. The van der Waals surface area contributed by atoms with Crippen molar-refractivity contribution in [3.05, 3.63) is 24.9 Å². The van der Waals surface area contributed by atoms with Crippen LogP contribution in [0.4, 0.5) is 0 Å². The highest BCUT2D eigenvalue weighted by molar-refractivity contribution is 5.57. The third-order valence-electron chi connectivity index (χ3n) is 1.42. The molecule has 0 saturated heterocycles. The Kier molecular flexibility index (Phi) is 1.10. The lowest BCUT2D eigenvalue weighted by molar-refractivity contribution is 1.00. The van der Waals surface area contributed by atoms with E-state index in [-0.39, 0.29) is 0 Å². The van der Waals surface area contributed by atoms with Crippen LogP contribution in [0.3, 0.4) is 0 Å². The largest absolute Gasteiger partial charge is 0.262 e. The van der Waals surface area contributed by atoms with Crippen LogP contribution in [-0.2, 0) is 0 Å². The lowest BCUT2D eigenvalue weighted by atomic mass is 10.3. The molecular formula is C7H4N4. The van der Waals surface area contributed by atoms with Gasteiger partial charge in [-0.25, -0.2) is 9.55 Å². The summed E-state index contributed by atoms with van der Waals surface area (Å²) in [6.45, 7) is 0. The highest BCUT2D eigenvalue weighted by Crippen LogP contribution is 2.15. The fourth-order valence-corrected chi connectivity index (χ4v) is 0.898. The molecule has 11 heavy (non-hydrogen) atoms. The maximum atomic E-state index is 8.49. The molecule has 0 aliphatic carbocycles. The van der Waals surface area contributed by atoms with Crippen LogP contribution >= 0.6 is 0 Å². The first-order valence-corrected chi connectivity index (χ1v) is 3.08. The van der Waals surface area contributed by atoms with Crippen LogP contribution in [0, 0.1) is 11.5 Å². The molecule has 0 saturated carbocycles. The number of hydrogen-bond donors (Lipinski definition) is 0. The van der Waals surface area contributed by atoms with Crippen LogP contribution in [-0.4, -0.2) is 14.5 Å². The van der Waals surface area contributed by atoms with Crippen molar-refractivity contribution < 1.29 is 0 Å². The molecule has 0 fully saturated rings. The van der Waals surface area contributed by atoms with E-state index in [9.17, 15) is 0 Å². The van der Waals surface area contributed by atoms with Crippen LogP contribution in [0.1, 0.15) is 0 Å². The van der Waals surface area contributed by atoms with Gasteiger partial charge in [-0.05, 0) is 0 Å². The summed E-state index contributed by atoms with van der Waals surface area (Å²) in [5, 5.41) is 8.49. The van der Waals surface area contributed by atoms with Gasteiger partial charge >= 0.3 is 0 Å². The predicted octanol–water partition coefficient (Wildman–Crippen LogP) is 0.712. The van der Waals surface area contributed by atoms with Crippen molar-refractivity contribution in [2.24, 2.45) is 0 Å². The van der Waals surface area contributed by atoms with E-state index in [0.717, 1.165) is 11.3 Å². The molecular weight excluding hydrogens is 140 g/mol. The SMILES string of the molecule is N#Cn1cnc2cncc-2c1. The number of rotatable bonds is 0. The second-order valence-electron chi connectivity index (χ2n) is 2.13. The standard InChI is InChI=1S/C7H4N4/c8-4-11-3-6-1-9-2-7(6)10-5-11/h1-3,5H. The second kappa shape index (κ2) is 2.06. The lowest BCUT2D eigenvalue weighted by Crippen LogP contribution is -1.92. The molecule has 0 amide bonds. The minimum Gasteiger partial charge on any atom is -0.262 e. The van der Waals surface area contributed by atoms with E-state index < -0.39 is 0 Å². The molecule has 52 valence electrons. The fourth-order valence-electron chi connectivity index (χ4n) is 0.898. The summed E-state index contributed by atoms with van der Waals surface area (Å²) in [5.41, 5.74) is 1.70. The lowest BCUT2D eigenvalue weighted by Gasteiger charge is -1.96. The smallest absolute Gasteiger partial charge is 0.189 e. The van der Waals surface area contributed by atoms with Crippen molar-refractivity contribution in [1.82, 2.24) is 14.5 Å². The van der Waals surface area contributed by atoms with Crippen LogP contribution in [0.5, 0.6) is 0 Å². The van der Waals surface area contributed by atoms with Crippen molar-refractivity contribution >= 4 is 0 Å². The van der Waals surface area contributed by atoms with Gasteiger partial charge in [0.05, 0.1) is 11.9 Å². The molecule has 2 aliphatic heterocycles. The molecule has 0 aromatic heterocycles. The topological polar surface area (TPSA) is 54.5 Å². The van der Waals surface area contributed by atoms with Gasteiger partial charge in [0.2, 0.25) is 0 Å². The number of nitrogens with zero attached hydrogens (tertiary/aromatic N) is 4. The van der Waals surface area contributed by atoms with Gasteiger partial charge in [0.1, 0.15) is 6.33 Å². The van der Waals surface area contributed by atoms with E-state index in [4.69, 9.17) is 5.26 Å². The minimum atomic E-state index is 0.816. The van der Waals surface area contributed by atoms with Crippen molar-refractivity contribution in [2.45, 2.75) is 0 Å². The summed E-state index contributed by atoms with van der Waals surface area (Å²) >= 11 is 0. The first-order chi connectivity index (χ1) is 5.40. The van der Waals surface area contributed by atoms with Gasteiger partial charge in [-0.1, -0.05) is 0 Å². The Hall–Kier alpha value is -1.89. The quantitative estimate of drug-likeness (QED) is 0.547. The normalized spacial score (nSPS) is 9.73. The maximum absolute atomic E-state index is 8.49. The summed E-state index contributed by atoms with van der Waals surface area (Å²) in [5.74, 6) is 0. The summed E-state index contributed by atoms with van der Waals surface area (Å²) in [6, 6.07) is 0. The number of aromatic nitrogens is 3. The van der Waals surface area contributed by atoms with Gasteiger partial charge < -0.3 is 0 Å². The zero-order valence-corrected chi connectivity index (χ0v) is 5.60. The van der Waals surface area contributed by atoms with Crippen molar-refractivity contribution in [3.63, 3.8) is 0 Å². The molecule has 0 N–H and O–H groups in total. The van der Waals surface area contributed by atoms with Gasteiger partial charge in [0, 0.05) is 18.0 Å². The Morgan fingerprint density at radius 1 is 1.45 bits per heavy atom. The van der Waals surface area contributed by atoms with Gasteiger partial charge in [-0.3, -0.25) is 4.98 Å². The first kappa shape index (κ1) is 5.86. The number of fused-ring (bicyclic) bond motifs is 1. The Morgan fingerprint density at radius 2 is 2.36 bits per heavy atom. The van der Waals surface area contributed by atoms with Crippen LogP contribution in [0.25, 0.3) is 11.3 Å². The van der Waals surface area contributed by atoms with Gasteiger partial charge in [-0.2, -0.15) is 5.26 Å². The average Bonchev–Trinajstić information content (AvgIpc) is 2.50. The Balaban J connectivity index is 2.71. The molecule has 2 aliphatic rings. The van der Waals surface area contributed by atoms with E-state index in [1.807, 2.05) is 6.19 Å². The highest BCUT2D eigenvalue weighted by Gasteiger charge is 2.02. The molecule has 0 bridgehead atoms. The average molecular weight is 144 g/mol. The molecule has 0 spiro atoms. The van der Waals surface area contributed by atoms with Gasteiger partial charge in [0.15, 0.2) is 6.19 Å². The zero-order chi connectivity index (χ0) is 7.68. The first-order valence-electron chi connectivity index (χ1n) is 3.08. The van der Waals surface area contributed by atoms with Gasteiger partial charge in [0.25, 0.3) is 0 Å². The molecule has 0 aromatic carbocycles. The molecule has 2 rings (SSSR count). The number of nitriles is 1. The molecule has 4 heteroatoms. The van der Waals surface area contributed by atoms with E-state index >= 15 is 0 Å². The van der Waals surface area contributed by atoms with E-state index in [1.165, 1.54) is 10.9 Å². The van der Waals surface area contributed by atoms with E-state index in [1.54, 1.807) is 18.6 Å². The fraction of sp³-hybridized carbons (Fsp3) is 0. The van der Waals surface area contributed by atoms with Crippen molar-refractivity contribution in [1.29, 1.82) is 5.26 Å². The third-order valence-corrected chi connectivity index (χ3v) is 1.42. The van der Waals surface area contributed by atoms with E-state index in [0.29, 0.717) is 0 Å². The van der Waals surface area contributed by atoms with E-state index in [2.05, 4.69) is 9.97 Å². The highest BCUT2D eigenvalue weighted by atomic mass is 15.0. The minimum absolute atomic E-state index is 0.816. The number of hydrogen-bond acceptors (Lipinski definition) is 3. The third kappa shape index (κ3) is 0.829. The van der Waals surface area contributed by atoms with Crippen LogP contribution in [0.15, 0.2) is 24.9 Å². The van der Waals surface area contributed by atoms with Crippen molar-refractivity contribution in [3.8, 4) is 17.5 Å². The summed E-state index contributed by atoms with van der Waals surface area (Å²) in [6.07, 6.45) is 8.43. The molecule has 0 atom stereocenters. The molecule has 2 heterocycles. The summed E-state index contributed by atoms with van der Waals surface area (Å²) in [7, 11) is 0. The summed E-state index contributed by atoms with van der Waals surface area (Å²) in [4.78, 5) is 7.88.